The van der Waals surface area contributed by atoms with Crippen LogP contribution in [-0.2, 0) is 4.79 Å². The molecule has 0 heterocycles. The highest BCUT2D eigenvalue weighted by molar-refractivity contribution is 5.87. The Bertz CT molecular complexity index is 575. The van der Waals surface area contributed by atoms with Gasteiger partial charge in [0.2, 0.25) is 0 Å². The van der Waals surface area contributed by atoms with Crippen molar-refractivity contribution in [3.63, 3.8) is 0 Å². The summed E-state index contributed by atoms with van der Waals surface area (Å²) in [7, 11) is 0. The van der Waals surface area contributed by atoms with Gasteiger partial charge in [-0.2, -0.15) is 43.9 Å². The normalized spacial score (nSPS) is 29.5. The summed E-state index contributed by atoms with van der Waals surface area (Å²) in [6.45, 7) is -0.0327. The quantitative estimate of drug-likeness (QED) is 0.573. The van der Waals surface area contributed by atoms with Gasteiger partial charge in [-0.15, -0.1) is 0 Å². The number of hydrogen-bond donors (Lipinski definition) is 1. The van der Waals surface area contributed by atoms with Crippen molar-refractivity contribution in [1.29, 1.82) is 0 Å². The average molecular weight is 380 g/mol. The number of aliphatic carboxylic acids is 1. The fourth-order valence-electron chi connectivity index (χ4n) is 2.11. The molecule has 0 unspecified atom stereocenters. The molecule has 0 saturated heterocycles. The lowest BCUT2D eigenvalue weighted by Gasteiger charge is -2.53. The van der Waals surface area contributed by atoms with Crippen LogP contribution in [0.2, 0.25) is 0 Å². The summed E-state index contributed by atoms with van der Waals surface area (Å²) in [5.41, 5.74) is -10.6. The molecule has 0 bridgehead atoms. The van der Waals surface area contributed by atoms with Gasteiger partial charge in [0.15, 0.2) is 0 Å². The topological polar surface area (TPSA) is 37.3 Å². The fraction of sp³-hybridized carbons (Fsp3) is 0.727. The van der Waals surface area contributed by atoms with Gasteiger partial charge in [0, 0.05) is 5.57 Å². The summed E-state index contributed by atoms with van der Waals surface area (Å²) in [4.78, 5) is 10.6. The Balaban J connectivity index is 4.03. The number of halogens is 11. The van der Waals surface area contributed by atoms with Gasteiger partial charge in [-0.3, -0.25) is 0 Å². The zero-order valence-corrected chi connectivity index (χ0v) is 11.5. The number of carboxylic acids is 1. The molecule has 0 radical (unpaired) electrons. The van der Waals surface area contributed by atoms with Gasteiger partial charge < -0.3 is 5.11 Å². The SMILES string of the molecule is CC(C(=O)O)=C(C)C1(F)C(F)(F)C(F)(F)C(F)(F)C(F)(F)C1(F)F. The lowest BCUT2D eigenvalue weighted by atomic mass is 9.68. The first-order valence-corrected chi connectivity index (χ1v) is 5.76. The summed E-state index contributed by atoms with van der Waals surface area (Å²) in [6.07, 6.45) is 0. The number of hydrogen-bond acceptors (Lipinski definition) is 1. The minimum absolute atomic E-state index is 0.175. The lowest BCUT2D eigenvalue weighted by molar-refractivity contribution is -0.478. The number of carboxylic acid groups (broad SMARTS) is 1. The zero-order valence-electron chi connectivity index (χ0n) is 11.5. The van der Waals surface area contributed by atoms with E-state index in [0.717, 1.165) is 0 Å². The lowest BCUT2D eigenvalue weighted by Crippen LogP contribution is -2.84. The number of alkyl halides is 11. The standard InChI is InChI=1S/C11H7F11O2/c1-3(5(23)24)4(2)6(12)7(13,14)9(17,18)11(21,22)10(19,20)8(6,15)16/h1-2H3,(H,23,24). The maximum Gasteiger partial charge on any atom is 0.384 e. The van der Waals surface area contributed by atoms with E-state index in [2.05, 4.69) is 0 Å². The maximum absolute atomic E-state index is 14.4. The third-order valence-electron chi connectivity index (χ3n) is 3.84. The van der Waals surface area contributed by atoms with E-state index < -0.39 is 52.4 Å². The van der Waals surface area contributed by atoms with Crippen LogP contribution in [-0.4, -0.2) is 46.4 Å². The molecule has 0 spiro atoms. The second kappa shape index (κ2) is 4.75. The van der Waals surface area contributed by atoms with Crippen molar-refractivity contribution in [2.24, 2.45) is 0 Å². The maximum atomic E-state index is 14.4. The van der Waals surface area contributed by atoms with Gasteiger partial charge in [0.1, 0.15) is 0 Å². The molecular formula is C11H7F11O2. The van der Waals surface area contributed by atoms with Crippen LogP contribution in [0.3, 0.4) is 0 Å². The molecule has 0 aliphatic heterocycles. The monoisotopic (exact) mass is 380 g/mol. The molecule has 13 heteroatoms. The van der Waals surface area contributed by atoms with E-state index in [1.165, 1.54) is 0 Å². The van der Waals surface area contributed by atoms with E-state index in [1.807, 2.05) is 0 Å². The Hall–Kier alpha value is -1.56. The molecule has 1 aliphatic rings. The van der Waals surface area contributed by atoms with Crippen molar-refractivity contribution >= 4 is 5.97 Å². The molecule has 1 N–H and O–H groups in total. The van der Waals surface area contributed by atoms with E-state index >= 15 is 0 Å². The molecule has 1 aliphatic carbocycles. The molecule has 1 fully saturated rings. The van der Waals surface area contributed by atoms with Gasteiger partial charge in [0.05, 0.1) is 0 Å². The Morgan fingerprint density at radius 2 is 0.875 bits per heavy atom. The first kappa shape index (κ1) is 20.5. The smallest absolute Gasteiger partial charge is 0.384 e. The van der Waals surface area contributed by atoms with Crippen LogP contribution in [0.4, 0.5) is 48.3 Å². The molecule has 0 aromatic carbocycles. The molecule has 0 aromatic heterocycles. The van der Waals surface area contributed by atoms with Gasteiger partial charge in [-0.05, 0) is 19.4 Å². The second-order valence-electron chi connectivity index (χ2n) is 5.09. The molecule has 0 aromatic rings. The van der Waals surface area contributed by atoms with Crippen LogP contribution in [0.25, 0.3) is 0 Å². The molecule has 24 heavy (non-hydrogen) atoms. The Morgan fingerprint density at radius 1 is 0.625 bits per heavy atom. The average Bonchev–Trinajstić information content (AvgIpc) is 2.42. The van der Waals surface area contributed by atoms with Crippen molar-refractivity contribution in [3.05, 3.63) is 11.1 Å². The molecule has 0 atom stereocenters. The summed E-state index contributed by atoms with van der Waals surface area (Å²) >= 11 is 0. The highest BCUT2D eigenvalue weighted by atomic mass is 19.4. The highest BCUT2D eigenvalue weighted by Crippen LogP contribution is 2.71. The van der Waals surface area contributed by atoms with E-state index in [9.17, 15) is 53.1 Å². The predicted octanol–water partition coefficient (Wildman–Crippen LogP) is 4.31. The molecular weight excluding hydrogens is 373 g/mol. The van der Waals surface area contributed by atoms with Crippen LogP contribution < -0.4 is 0 Å². The van der Waals surface area contributed by atoms with Crippen molar-refractivity contribution < 1.29 is 58.2 Å². The van der Waals surface area contributed by atoms with Crippen molar-refractivity contribution in [2.45, 2.75) is 49.1 Å². The summed E-state index contributed by atoms with van der Waals surface area (Å²) in [5.74, 6) is -38.3. The van der Waals surface area contributed by atoms with Crippen LogP contribution in [0.1, 0.15) is 13.8 Å². The van der Waals surface area contributed by atoms with Gasteiger partial charge >= 0.3 is 35.6 Å². The third kappa shape index (κ3) is 1.75. The third-order valence-corrected chi connectivity index (χ3v) is 3.84. The molecule has 2 nitrogen and oxygen atoms in total. The Kier molecular flexibility index (Phi) is 4.05. The molecule has 1 rings (SSSR count). The van der Waals surface area contributed by atoms with E-state index in [-0.39, 0.29) is 13.8 Å². The molecule has 0 amide bonds. The second-order valence-corrected chi connectivity index (χ2v) is 5.09. The minimum Gasteiger partial charge on any atom is -0.478 e. The van der Waals surface area contributed by atoms with Crippen molar-refractivity contribution in [2.75, 3.05) is 0 Å². The minimum atomic E-state index is -7.32. The summed E-state index contributed by atoms with van der Waals surface area (Å²) in [5, 5.41) is 8.46. The van der Waals surface area contributed by atoms with Gasteiger partial charge in [0.25, 0.3) is 5.67 Å². The van der Waals surface area contributed by atoms with E-state index in [4.69, 9.17) is 5.11 Å². The largest absolute Gasteiger partial charge is 0.478 e. The van der Waals surface area contributed by atoms with Crippen LogP contribution >= 0.6 is 0 Å². The fourth-order valence-corrected chi connectivity index (χ4v) is 2.11. The number of carbonyl (C=O) groups is 1. The van der Waals surface area contributed by atoms with Gasteiger partial charge in [-0.25, -0.2) is 9.18 Å². The van der Waals surface area contributed by atoms with Crippen LogP contribution in [0.5, 0.6) is 0 Å². The Morgan fingerprint density at radius 3 is 1.12 bits per heavy atom. The first-order valence-electron chi connectivity index (χ1n) is 5.76. The highest BCUT2D eigenvalue weighted by Gasteiger charge is 3.01. The summed E-state index contributed by atoms with van der Waals surface area (Å²) < 4.78 is 147. The van der Waals surface area contributed by atoms with Crippen molar-refractivity contribution in [1.82, 2.24) is 0 Å². The van der Waals surface area contributed by atoms with E-state index in [1.54, 1.807) is 0 Å². The van der Waals surface area contributed by atoms with Gasteiger partial charge in [-0.1, -0.05) is 0 Å². The zero-order chi connectivity index (χ0) is 19.7. The van der Waals surface area contributed by atoms with E-state index in [0.29, 0.717) is 0 Å². The summed E-state index contributed by atoms with van der Waals surface area (Å²) in [6, 6.07) is 0. The number of allylic oxidation sites excluding steroid dienone is 1. The number of rotatable bonds is 2. The molecule has 140 valence electrons. The van der Waals surface area contributed by atoms with Crippen LogP contribution in [0.15, 0.2) is 11.1 Å². The first-order chi connectivity index (χ1) is 10.3. The van der Waals surface area contributed by atoms with Crippen LogP contribution in [0, 0.1) is 0 Å². The van der Waals surface area contributed by atoms with Crippen molar-refractivity contribution in [3.8, 4) is 0 Å². The predicted molar refractivity (Wildman–Crippen MR) is 54.6 cm³/mol. The Labute approximate surface area is 125 Å². The molecule has 1 saturated carbocycles.